The summed E-state index contributed by atoms with van der Waals surface area (Å²) in [5, 5.41) is 3.40. The monoisotopic (exact) mass is 265 g/mol. The highest BCUT2D eigenvalue weighted by molar-refractivity contribution is 7.84. The standard InChI is InChI=1S/C13H19N3OS/c1-11(6-8-18(2)17)14-9-12-10-16-7-4-3-5-13(16)15-12/h3-5,7,10-11,14H,6,8-9H2,1-2H3. The van der Waals surface area contributed by atoms with Crippen LogP contribution in [0, 0.1) is 0 Å². The minimum absolute atomic E-state index is 0.360. The van der Waals surface area contributed by atoms with E-state index in [1.54, 1.807) is 6.26 Å². The van der Waals surface area contributed by atoms with Crippen LogP contribution in [-0.2, 0) is 17.3 Å². The SMILES string of the molecule is CC(CCS(C)=O)NCc1cn2ccccc2n1. The molecule has 5 heteroatoms. The summed E-state index contributed by atoms with van der Waals surface area (Å²) in [5.41, 5.74) is 2.00. The number of fused-ring (bicyclic) bond motifs is 1. The van der Waals surface area contributed by atoms with Crippen LogP contribution in [0.2, 0.25) is 0 Å². The summed E-state index contributed by atoms with van der Waals surface area (Å²) in [6.07, 6.45) is 6.70. The maximum Gasteiger partial charge on any atom is 0.137 e. The Kier molecular flexibility index (Phi) is 4.49. The zero-order valence-electron chi connectivity index (χ0n) is 10.8. The Balaban J connectivity index is 1.87. The Morgan fingerprint density at radius 3 is 3.06 bits per heavy atom. The van der Waals surface area contributed by atoms with Gasteiger partial charge in [-0.25, -0.2) is 4.98 Å². The minimum atomic E-state index is -0.706. The van der Waals surface area contributed by atoms with E-state index in [4.69, 9.17) is 0 Å². The van der Waals surface area contributed by atoms with Gasteiger partial charge < -0.3 is 9.72 Å². The van der Waals surface area contributed by atoms with Gasteiger partial charge in [-0.1, -0.05) is 6.07 Å². The van der Waals surface area contributed by atoms with Gasteiger partial charge >= 0.3 is 0 Å². The molecule has 0 saturated heterocycles. The van der Waals surface area contributed by atoms with E-state index in [0.717, 1.165) is 30.1 Å². The molecule has 98 valence electrons. The van der Waals surface area contributed by atoms with Gasteiger partial charge in [-0.2, -0.15) is 0 Å². The minimum Gasteiger partial charge on any atom is -0.309 e. The molecule has 2 unspecified atom stereocenters. The average molecular weight is 265 g/mol. The molecule has 1 N–H and O–H groups in total. The van der Waals surface area contributed by atoms with Gasteiger partial charge in [0.2, 0.25) is 0 Å². The lowest BCUT2D eigenvalue weighted by molar-refractivity contribution is 0.531. The van der Waals surface area contributed by atoms with Crippen LogP contribution in [0.1, 0.15) is 19.0 Å². The van der Waals surface area contributed by atoms with Gasteiger partial charge in [-0.3, -0.25) is 4.21 Å². The number of pyridine rings is 1. The smallest absolute Gasteiger partial charge is 0.137 e. The average Bonchev–Trinajstić information content (AvgIpc) is 2.76. The number of hydrogen-bond donors (Lipinski definition) is 1. The van der Waals surface area contributed by atoms with Crippen LogP contribution in [0.4, 0.5) is 0 Å². The fraction of sp³-hybridized carbons (Fsp3) is 0.462. The molecule has 2 rings (SSSR count). The van der Waals surface area contributed by atoms with Gasteiger partial charge in [-0.05, 0) is 25.5 Å². The van der Waals surface area contributed by atoms with Crippen LogP contribution in [0.5, 0.6) is 0 Å². The van der Waals surface area contributed by atoms with Crippen molar-refractivity contribution in [2.75, 3.05) is 12.0 Å². The Morgan fingerprint density at radius 2 is 2.33 bits per heavy atom. The summed E-state index contributed by atoms with van der Waals surface area (Å²) >= 11 is 0. The van der Waals surface area contributed by atoms with Crippen molar-refractivity contribution in [1.82, 2.24) is 14.7 Å². The lowest BCUT2D eigenvalue weighted by Crippen LogP contribution is -2.27. The highest BCUT2D eigenvalue weighted by Gasteiger charge is 2.05. The van der Waals surface area contributed by atoms with Crippen LogP contribution < -0.4 is 5.32 Å². The number of rotatable bonds is 6. The third-order valence-electron chi connectivity index (χ3n) is 2.88. The third kappa shape index (κ3) is 3.65. The summed E-state index contributed by atoms with van der Waals surface area (Å²) in [6, 6.07) is 6.33. The molecular formula is C13H19N3OS. The molecule has 0 aliphatic heterocycles. The molecule has 0 aromatic carbocycles. The maximum absolute atomic E-state index is 11.0. The number of hydrogen-bond acceptors (Lipinski definition) is 3. The van der Waals surface area contributed by atoms with Crippen molar-refractivity contribution in [2.45, 2.75) is 25.9 Å². The Bertz CT molecular complexity index is 505. The molecule has 2 atom stereocenters. The van der Waals surface area contributed by atoms with E-state index >= 15 is 0 Å². The van der Waals surface area contributed by atoms with Crippen molar-refractivity contribution in [3.05, 3.63) is 36.3 Å². The molecule has 0 aliphatic carbocycles. The van der Waals surface area contributed by atoms with Crippen molar-refractivity contribution >= 4 is 16.4 Å². The summed E-state index contributed by atoms with van der Waals surface area (Å²) in [4.78, 5) is 4.52. The molecular weight excluding hydrogens is 246 g/mol. The first-order chi connectivity index (χ1) is 8.65. The Morgan fingerprint density at radius 1 is 1.50 bits per heavy atom. The van der Waals surface area contributed by atoms with E-state index in [1.165, 1.54) is 0 Å². The zero-order valence-corrected chi connectivity index (χ0v) is 11.6. The second kappa shape index (κ2) is 6.11. The van der Waals surface area contributed by atoms with Gasteiger partial charge in [0, 0.05) is 47.8 Å². The van der Waals surface area contributed by atoms with Crippen molar-refractivity contribution in [3.63, 3.8) is 0 Å². The summed E-state index contributed by atoms with van der Waals surface area (Å²) in [5.74, 6) is 0.749. The first-order valence-electron chi connectivity index (χ1n) is 6.11. The normalized spacial score (nSPS) is 14.8. The molecule has 4 nitrogen and oxygen atoms in total. The van der Waals surface area contributed by atoms with Crippen molar-refractivity contribution in [3.8, 4) is 0 Å². The van der Waals surface area contributed by atoms with Gasteiger partial charge in [0.1, 0.15) is 5.65 Å². The van der Waals surface area contributed by atoms with Crippen LogP contribution in [-0.4, -0.2) is 31.6 Å². The molecule has 2 aromatic heterocycles. The molecule has 18 heavy (non-hydrogen) atoms. The molecule has 2 heterocycles. The predicted molar refractivity (Wildman–Crippen MR) is 75.0 cm³/mol. The summed E-state index contributed by atoms with van der Waals surface area (Å²) < 4.78 is 13.0. The Hall–Kier alpha value is -1.20. The van der Waals surface area contributed by atoms with Crippen LogP contribution in [0.15, 0.2) is 30.6 Å². The fourth-order valence-electron chi connectivity index (χ4n) is 1.80. The molecule has 0 aliphatic rings. The van der Waals surface area contributed by atoms with Crippen molar-refractivity contribution in [1.29, 1.82) is 0 Å². The topological polar surface area (TPSA) is 46.4 Å². The second-order valence-corrected chi connectivity index (χ2v) is 6.10. The van der Waals surface area contributed by atoms with E-state index in [1.807, 2.05) is 35.0 Å². The maximum atomic E-state index is 11.0. The second-order valence-electron chi connectivity index (χ2n) is 4.55. The van der Waals surface area contributed by atoms with E-state index in [9.17, 15) is 4.21 Å². The van der Waals surface area contributed by atoms with E-state index in [0.29, 0.717) is 6.04 Å². The van der Waals surface area contributed by atoms with E-state index < -0.39 is 10.8 Å². The highest BCUT2D eigenvalue weighted by atomic mass is 32.2. The van der Waals surface area contributed by atoms with E-state index in [-0.39, 0.29) is 0 Å². The molecule has 2 aromatic rings. The number of nitrogens with one attached hydrogen (secondary N) is 1. The van der Waals surface area contributed by atoms with Gasteiger partial charge in [0.15, 0.2) is 0 Å². The first-order valence-corrected chi connectivity index (χ1v) is 7.84. The van der Waals surface area contributed by atoms with Crippen LogP contribution >= 0.6 is 0 Å². The van der Waals surface area contributed by atoms with E-state index in [2.05, 4.69) is 17.2 Å². The fourth-order valence-corrected chi connectivity index (χ4v) is 2.48. The van der Waals surface area contributed by atoms with Crippen LogP contribution in [0.3, 0.4) is 0 Å². The van der Waals surface area contributed by atoms with Crippen LogP contribution in [0.25, 0.3) is 5.65 Å². The van der Waals surface area contributed by atoms with Crippen molar-refractivity contribution in [2.24, 2.45) is 0 Å². The molecule has 0 spiro atoms. The highest BCUT2D eigenvalue weighted by Crippen LogP contribution is 2.04. The zero-order chi connectivity index (χ0) is 13.0. The van der Waals surface area contributed by atoms with Gasteiger partial charge in [0.05, 0.1) is 5.69 Å². The quantitative estimate of drug-likeness (QED) is 0.862. The Labute approximate surface area is 110 Å². The number of aromatic nitrogens is 2. The predicted octanol–water partition coefficient (Wildman–Crippen LogP) is 1.58. The molecule has 0 bridgehead atoms. The largest absolute Gasteiger partial charge is 0.309 e. The lowest BCUT2D eigenvalue weighted by Gasteiger charge is -2.11. The third-order valence-corrected chi connectivity index (χ3v) is 3.69. The molecule has 0 saturated carbocycles. The first kappa shape index (κ1) is 13.2. The molecule has 0 radical (unpaired) electrons. The molecule has 0 fully saturated rings. The summed E-state index contributed by atoms with van der Waals surface area (Å²) in [7, 11) is -0.706. The van der Waals surface area contributed by atoms with Crippen molar-refractivity contribution < 1.29 is 4.21 Å². The van der Waals surface area contributed by atoms with Gasteiger partial charge in [0.25, 0.3) is 0 Å². The summed E-state index contributed by atoms with van der Waals surface area (Å²) in [6.45, 7) is 2.86. The van der Waals surface area contributed by atoms with Gasteiger partial charge in [-0.15, -0.1) is 0 Å². The lowest BCUT2D eigenvalue weighted by atomic mass is 10.2. The number of imidazole rings is 1. The molecule has 0 amide bonds. The number of nitrogens with zero attached hydrogens (tertiary/aromatic N) is 2.